The molecule has 1 aliphatic rings. The molecule has 0 saturated heterocycles. The largest absolute Gasteiger partial charge is 0.363 e. The Labute approximate surface area is 147 Å². The molecule has 128 valence electrons. The second-order valence-corrected chi connectivity index (χ2v) is 6.59. The predicted octanol–water partition coefficient (Wildman–Crippen LogP) is 2.41. The molecule has 3 aromatic heterocycles. The molecule has 0 aliphatic carbocycles. The molecule has 0 amide bonds. The highest BCUT2D eigenvalue weighted by Gasteiger charge is 2.30. The highest BCUT2D eigenvalue weighted by atomic mass is 15.2. The van der Waals surface area contributed by atoms with E-state index in [1.807, 2.05) is 37.6 Å². The number of pyridine rings is 2. The standard InChI is InChI=1S/C19H22N6/c1-24(2)17-4-3-14(11-21-17)12-25-10-7-16-18(23-13-22-16)19(25)15-5-8-20-9-6-15/h3-6,8-9,11,13,19H,7,10,12H2,1-2H3,(H,22,23). The van der Waals surface area contributed by atoms with Gasteiger partial charge in [-0.25, -0.2) is 9.97 Å². The van der Waals surface area contributed by atoms with Crippen LogP contribution >= 0.6 is 0 Å². The lowest BCUT2D eigenvalue weighted by atomic mass is 9.96. The number of rotatable bonds is 4. The first kappa shape index (κ1) is 15.8. The van der Waals surface area contributed by atoms with Crippen LogP contribution in [0.25, 0.3) is 0 Å². The van der Waals surface area contributed by atoms with Crippen LogP contribution in [0, 0.1) is 0 Å². The van der Waals surface area contributed by atoms with E-state index >= 15 is 0 Å². The van der Waals surface area contributed by atoms with Gasteiger partial charge in [-0.3, -0.25) is 9.88 Å². The lowest BCUT2D eigenvalue weighted by Crippen LogP contribution is -2.35. The third kappa shape index (κ3) is 3.13. The third-order valence-electron chi connectivity index (χ3n) is 4.70. The van der Waals surface area contributed by atoms with Gasteiger partial charge >= 0.3 is 0 Å². The Morgan fingerprint density at radius 2 is 2.00 bits per heavy atom. The first-order valence-electron chi connectivity index (χ1n) is 8.51. The summed E-state index contributed by atoms with van der Waals surface area (Å²) in [6, 6.07) is 8.53. The van der Waals surface area contributed by atoms with Crippen LogP contribution in [-0.2, 0) is 13.0 Å². The van der Waals surface area contributed by atoms with E-state index in [-0.39, 0.29) is 6.04 Å². The molecule has 1 aliphatic heterocycles. The summed E-state index contributed by atoms with van der Waals surface area (Å²) in [6.07, 6.45) is 8.46. The van der Waals surface area contributed by atoms with Gasteiger partial charge in [0.25, 0.3) is 0 Å². The van der Waals surface area contributed by atoms with Gasteiger partial charge in [-0.2, -0.15) is 0 Å². The van der Waals surface area contributed by atoms with E-state index in [4.69, 9.17) is 0 Å². The Kier molecular flexibility index (Phi) is 4.19. The van der Waals surface area contributed by atoms with Crippen LogP contribution in [0.5, 0.6) is 0 Å². The molecule has 0 spiro atoms. The van der Waals surface area contributed by atoms with Crippen LogP contribution in [0.15, 0.2) is 49.2 Å². The van der Waals surface area contributed by atoms with Gasteiger partial charge in [0, 0.05) is 57.9 Å². The molecule has 4 heterocycles. The number of imidazole rings is 1. The van der Waals surface area contributed by atoms with Crippen molar-refractivity contribution in [3.63, 3.8) is 0 Å². The molecule has 0 fully saturated rings. The van der Waals surface area contributed by atoms with E-state index < -0.39 is 0 Å². The van der Waals surface area contributed by atoms with Gasteiger partial charge < -0.3 is 9.88 Å². The maximum absolute atomic E-state index is 4.60. The van der Waals surface area contributed by atoms with Gasteiger partial charge in [0.1, 0.15) is 5.82 Å². The first-order chi connectivity index (χ1) is 12.2. The number of nitrogens with one attached hydrogen (secondary N) is 1. The maximum atomic E-state index is 4.60. The predicted molar refractivity (Wildman–Crippen MR) is 97.3 cm³/mol. The monoisotopic (exact) mass is 334 g/mol. The third-order valence-corrected chi connectivity index (χ3v) is 4.70. The fourth-order valence-corrected chi connectivity index (χ4v) is 3.42. The van der Waals surface area contributed by atoms with Crippen molar-refractivity contribution >= 4 is 5.82 Å². The molecule has 6 nitrogen and oxygen atoms in total. The Bertz CT molecular complexity index is 825. The lowest BCUT2D eigenvalue weighted by molar-refractivity contribution is 0.200. The van der Waals surface area contributed by atoms with Crippen LogP contribution in [0.3, 0.4) is 0 Å². The number of fused-ring (bicyclic) bond motifs is 1. The highest BCUT2D eigenvalue weighted by Crippen LogP contribution is 2.34. The summed E-state index contributed by atoms with van der Waals surface area (Å²) in [5.74, 6) is 0.975. The summed E-state index contributed by atoms with van der Waals surface area (Å²) in [5.41, 5.74) is 4.79. The second kappa shape index (κ2) is 6.64. The molecular formula is C19H22N6. The van der Waals surface area contributed by atoms with E-state index in [0.29, 0.717) is 0 Å². The Morgan fingerprint density at radius 3 is 2.72 bits per heavy atom. The number of H-pyrrole nitrogens is 1. The summed E-state index contributed by atoms with van der Waals surface area (Å²) in [7, 11) is 4.01. The molecule has 1 unspecified atom stereocenters. The van der Waals surface area contributed by atoms with Gasteiger partial charge in [-0.15, -0.1) is 0 Å². The van der Waals surface area contributed by atoms with Crippen molar-refractivity contribution in [2.75, 3.05) is 25.5 Å². The minimum atomic E-state index is 0.145. The SMILES string of the molecule is CN(C)c1ccc(CN2CCc3[nH]cnc3C2c2ccncc2)cn1. The summed E-state index contributed by atoms with van der Waals surface area (Å²) in [4.78, 5) is 21.1. The number of aromatic amines is 1. The Morgan fingerprint density at radius 1 is 1.16 bits per heavy atom. The van der Waals surface area contributed by atoms with Gasteiger partial charge in [0.05, 0.1) is 18.1 Å². The smallest absolute Gasteiger partial charge is 0.127 e. The Hall–Kier alpha value is -2.73. The van der Waals surface area contributed by atoms with E-state index in [0.717, 1.165) is 31.0 Å². The number of nitrogens with zero attached hydrogens (tertiary/aromatic N) is 5. The number of aromatic nitrogens is 4. The van der Waals surface area contributed by atoms with Crippen LogP contribution in [0.1, 0.15) is 28.6 Å². The van der Waals surface area contributed by atoms with Crippen molar-refractivity contribution in [2.24, 2.45) is 0 Å². The van der Waals surface area contributed by atoms with Gasteiger partial charge in [-0.1, -0.05) is 6.07 Å². The topological polar surface area (TPSA) is 60.9 Å². The molecule has 6 heteroatoms. The zero-order valence-corrected chi connectivity index (χ0v) is 14.6. The minimum Gasteiger partial charge on any atom is -0.363 e. The van der Waals surface area contributed by atoms with Gasteiger partial charge in [0.2, 0.25) is 0 Å². The molecular weight excluding hydrogens is 312 g/mol. The normalized spacial score (nSPS) is 17.3. The van der Waals surface area contributed by atoms with E-state index in [1.165, 1.54) is 16.8 Å². The minimum absolute atomic E-state index is 0.145. The average Bonchev–Trinajstić information content (AvgIpc) is 3.11. The van der Waals surface area contributed by atoms with Crippen molar-refractivity contribution in [3.8, 4) is 0 Å². The van der Waals surface area contributed by atoms with Crippen molar-refractivity contribution in [3.05, 3.63) is 71.7 Å². The van der Waals surface area contributed by atoms with Crippen LogP contribution < -0.4 is 4.90 Å². The molecule has 25 heavy (non-hydrogen) atoms. The molecule has 0 saturated carbocycles. The van der Waals surface area contributed by atoms with Crippen molar-refractivity contribution in [1.82, 2.24) is 24.8 Å². The molecule has 0 radical (unpaired) electrons. The van der Waals surface area contributed by atoms with Gasteiger partial charge in [0.15, 0.2) is 0 Å². The van der Waals surface area contributed by atoms with Crippen LogP contribution in [0.4, 0.5) is 5.82 Å². The zero-order valence-electron chi connectivity index (χ0n) is 14.6. The van der Waals surface area contributed by atoms with Crippen molar-refractivity contribution < 1.29 is 0 Å². The summed E-state index contributed by atoms with van der Waals surface area (Å²) < 4.78 is 0. The maximum Gasteiger partial charge on any atom is 0.127 e. The molecule has 3 aromatic rings. The molecule has 1 N–H and O–H groups in total. The summed E-state index contributed by atoms with van der Waals surface area (Å²) in [5, 5.41) is 0. The average molecular weight is 334 g/mol. The van der Waals surface area contributed by atoms with Crippen molar-refractivity contribution in [1.29, 1.82) is 0 Å². The number of hydrogen-bond donors (Lipinski definition) is 1. The van der Waals surface area contributed by atoms with Crippen molar-refractivity contribution in [2.45, 2.75) is 19.0 Å². The molecule has 0 aromatic carbocycles. The zero-order chi connectivity index (χ0) is 17.2. The quantitative estimate of drug-likeness (QED) is 0.794. The second-order valence-electron chi connectivity index (χ2n) is 6.59. The fraction of sp³-hybridized carbons (Fsp3) is 0.316. The summed E-state index contributed by atoms with van der Waals surface area (Å²) in [6.45, 7) is 1.83. The Balaban J connectivity index is 1.63. The molecule has 4 rings (SSSR count). The number of anilines is 1. The lowest BCUT2D eigenvalue weighted by Gasteiger charge is -2.35. The highest BCUT2D eigenvalue weighted by molar-refractivity contribution is 5.37. The number of hydrogen-bond acceptors (Lipinski definition) is 5. The summed E-state index contributed by atoms with van der Waals surface area (Å²) >= 11 is 0. The van der Waals surface area contributed by atoms with Crippen LogP contribution in [0.2, 0.25) is 0 Å². The molecule has 0 bridgehead atoms. The van der Waals surface area contributed by atoms with E-state index in [9.17, 15) is 0 Å². The first-order valence-corrected chi connectivity index (χ1v) is 8.51. The van der Waals surface area contributed by atoms with Crippen LogP contribution in [-0.4, -0.2) is 45.5 Å². The van der Waals surface area contributed by atoms with Gasteiger partial charge in [-0.05, 0) is 29.3 Å². The van der Waals surface area contributed by atoms with E-state index in [1.54, 1.807) is 6.33 Å². The van der Waals surface area contributed by atoms with E-state index in [2.05, 4.69) is 49.1 Å². The fourth-order valence-electron chi connectivity index (χ4n) is 3.42. The molecule has 1 atom stereocenters.